The lowest BCUT2D eigenvalue weighted by molar-refractivity contribution is -0.117. The van der Waals surface area contributed by atoms with Gasteiger partial charge in [0.1, 0.15) is 17.0 Å². The van der Waals surface area contributed by atoms with E-state index in [1.165, 1.54) is 42.5 Å². The van der Waals surface area contributed by atoms with Crippen LogP contribution in [0.25, 0.3) is 39.2 Å². The van der Waals surface area contributed by atoms with Crippen LogP contribution in [0.5, 0.6) is 0 Å². The molecule has 0 bridgehead atoms. The normalized spacial score (nSPS) is 14.2. The highest BCUT2D eigenvalue weighted by Crippen LogP contribution is 2.39. The van der Waals surface area contributed by atoms with Crippen molar-refractivity contribution in [3.05, 3.63) is 152 Å². The number of rotatable bonds is 8. The van der Waals surface area contributed by atoms with Crippen LogP contribution in [-0.4, -0.2) is 60.9 Å². The number of aryl methyl sites for hydroxylation is 4. The minimum Gasteiger partial charge on any atom is -0.478 e. The second-order valence-electron chi connectivity index (χ2n) is 16.1. The first-order valence-corrected chi connectivity index (χ1v) is 20.5. The molecule has 4 heterocycles. The van der Waals surface area contributed by atoms with Crippen LogP contribution in [0.1, 0.15) is 67.2 Å². The molecule has 344 valence electrons. The van der Waals surface area contributed by atoms with Gasteiger partial charge in [0, 0.05) is 23.5 Å². The Morgan fingerprint density at radius 3 is 1.81 bits per heavy atom. The van der Waals surface area contributed by atoms with Gasteiger partial charge in [0.15, 0.2) is 46.5 Å². The van der Waals surface area contributed by atoms with Crippen molar-refractivity contribution in [2.75, 3.05) is 11.9 Å². The van der Waals surface area contributed by atoms with E-state index in [-0.39, 0.29) is 63.1 Å². The number of aromatic amines is 1. The Labute approximate surface area is 374 Å². The SMILES string of the molecule is Cc1cc(C(=O)O)c2nc(-c3c(F)c(F)c(-c4ccc(NC(=O)C5CCCN5)cc4)c(F)c3F)[nH]c2c1.Cc1cc2c(c(C(=O)O)c1)CC(c1c(F)c(F)c(-n3c(C)ccc3C)c(F)c1F)=N2. The number of halogens is 8. The van der Waals surface area contributed by atoms with Crippen molar-refractivity contribution < 1.29 is 59.7 Å². The monoisotopic (exact) mass is 928 g/mol. The zero-order valence-corrected chi connectivity index (χ0v) is 35.7. The lowest BCUT2D eigenvalue weighted by atomic mass is 9.97. The Kier molecular flexibility index (Phi) is 12.1. The van der Waals surface area contributed by atoms with E-state index in [2.05, 4.69) is 25.6 Å². The number of aliphatic imine (C=N–C) groups is 1. The van der Waals surface area contributed by atoms with Crippen LogP contribution in [0, 0.1) is 74.2 Å². The smallest absolute Gasteiger partial charge is 0.337 e. The van der Waals surface area contributed by atoms with Gasteiger partial charge in [-0.05, 0) is 118 Å². The van der Waals surface area contributed by atoms with Crippen LogP contribution < -0.4 is 10.6 Å². The summed E-state index contributed by atoms with van der Waals surface area (Å²) in [4.78, 5) is 45.9. The molecular formula is C48H36F8N6O5. The van der Waals surface area contributed by atoms with Gasteiger partial charge in [-0.1, -0.05) is 12.1 Å². The molecule has 19 heteroatoms. The predicted octanol–water partition coefficient (Wildman–Crippen LogP) is 10.5. The highest BCUT2D eigenvalue weighted by molar-refractivity contribution is 6.09. The molecule has 2 aromatic heterocycles. The Morgan fingerprint density at radius 1 is 0.687 bits per heavy atom. The van der Waals surface area contributed by atoms with Crippen LogP contribution in [0.2, 0.25) is 0 Å². The fourth-order valence-electron chi connectivity index (χ4n) is 8.36. The summed E-state index contributed by atoms with van der Waals surface area (Å²) in [5.74, 6) is -16.2. The van der Waals surface area contributed by atoms with Crippen molar-refractivity contribution in [2.24, 2.45) is 4.99 Å². The van der Waals surface area contributed by atoms with Crippen molar-refractivity contribution >= 4 is 46.0 Å². The Morgan fingerprint density at radius 2 is 1.24 bits per heavy atom. The molecule has 0 spiro atoms. The first-order valence-electron chi connectivity index (χ1n) is 20.5. The number of aromatic nitrogens is 3. The Hall–Kier alpha value is -7.67. The summed E-state index contributed by atoms with van der Waals surface area (Å²) < 4.78 is 121. The molecule has 1 unspecified atom stereocenters. The predicted molar refractivity (Wildman–Crippen MR) is 231 cm³/mol. The van der Waals surface area contributed by atoms with Gasteiger partial charge in [0.25, 0.3) is 0 Å². The maximum atomic E-state index is 15.1. The standard InChI is InChI=1S/C26H20F4N4O3.C22H16F4N2O2/c1-11-9-14(26(36)37)23-16(10-11)33-24(34-23)18-21(29)19(27)17(20(28)22(18)30)12-4-6-13(7-5-12)32-25(35)15-3-2-8-31-15;1-9-6-13(22(29)30)12-8-15(27-14(12)7-9)16-17(23)19(25)21(20(26)18(16)24)28-10(2)4-5-11(28)3/h4-7,9-10,15,31H,2-3,8H2,1H3,(H,32,35)(H,33,34)(H,36,37);4-7H,8H2,1-3H3,(H,29,30). The third kappa shape index (κ3) is 8.19. The van der Waals surface area contributed by atoms with Gasteiger partial charge < -0.3 is 30.4 Å². The molecule has 1 amide bonds. The van der Waals surface area contributed by atoms with E-state index in [9.17, 15) is 42.2 Å². The van der Waals surface area contributed by atoms with Crippen molar-refractivity contribution in [3.63, 3.8) is 0 Å². The van der Waals surface area contributed by atoms with Gasteiger partial charge in [-0.2, -0.15) is 0 Å². The maximum absolute atomic E-state index is 15.1. The van der Waals surface area contributed by atoms with Crippen LogP contribution in [0.15, 0.2) is 65.7 Å². The molecule has 1 atom stereocenters. The molecule has 2 aliphatic rings. The molecule has 0 saturated carbocycles. The lowest BCUT2D eigenvalue weighted by Gasteiger charge is -2.15. The minimum atomic E-state index is -1.69. The molecule has 0 aliphatic carbocycles. The summed E-state index contributed by atoms with van der Waals surface area (Å²) in [5.41, 5.74) is -1.72. The third-order valence-corrected chi connectivity index (χ3v) is 11.5. The molecule has 9 rings (SSSR count). The molecule has 67 heavy (non-hydrogen) atoms. The molecule has 11 nitrogen and oxygen atoms in total. The van der Waals surface area contributed by atoms with Gasteiger partial charge in [-0.25, -0.2) is 49.7 Å². The Bertz CT molecular complexity index is 3190. The number of anilines is 1. The van der Waals surface area contributed by atoms with Gasteiger partial charge in [-0.3, -0.25) is 9.79 Å². The van der Waals surface area contributed by atoms with Crippen LogP contribution >= 0.6 is 0 Å². The first kappa shape index (κ1) is 45.9. The van der Waals surface area contributed by atoms with E-state index in [1.807, 2.05) is 0 Å². The van der Waals surface area contributed by atoms with E-state index < -0.39 is 86.7 Å². The number of nitrogens with zero attached hydrogens (tertiary/aromatic N) is 3. The number of aromatic carboxylic acids is 2. The molecule has 5 aromatic carbocycles. The van der Waals surface area contributed by atoms with Crippen molar-refractivity contribution in [2.45, 2.75) is 53.0 Å². The fourth-order valence-corrected chi connectivity index (χ4v) is 8.36. The largest absolute Gasteiger partial charge is 0.478 e. The van der Waals surface area contributed by atoms with Crippen LogP contribution in [0.3, 0.4) is 0 Å². The number of carbonyl (C=O) groups is 3. The quantitative estimate of drug-likeness (QED) is 0.0749. The summed E-state index contributed by atoms with van der Waals surface area (Å²) in [6.45, 7) is 7.12. The second-order valence-corrected chi connectivity index (χ2v) is 16.1. The van der Waals surface area contributed by atoms with Crippen molar-refractivity contribution in [1.82, 2.24) is 19.9 Å². The molecule has 1 saturated heterocycles. The van der Waals surface area contributed by atoms with E-state index in [1.54, 1.807) is 45.9 Å². The highest BCUT2D eigenvalue weighted by atomic mass is 19.2. The van der Waals surface area contributed by atoms with Crippen LogP contribution in [0.4, 0.5) is 46.5 Å². The van der Waals surface area contributed by atoms with Gasteiger partial charge >= 0.3 is 11.9 Å². The molecule has 7 aromatic rings. The number of H-pyrrole nitrogens is 1. The van der Waals surface area contributed by atoms with E-state index in [4.69, 9.17) is 0 Å². The number of imidazole rings is 1. The second kappa shape index (κ2) is 17.6. The number of carboxylic acids is 2. The topological polar surface area (TPSA) is 162 Å². The molecule has 5 N–H and O–H groups in total. The van der Waals surface area contributed by atoms with Gasteiger partial charge in [-0.15, -0.1) is 0 Å². The summed E-state index contributed by atoms with van der Waals surface area (Å²) in [6.07, 6.45) is 1.30. The number of carbonyl (C=O) groups excluding carboxylic acids is 1. The summed E-state index contributed by atoms with van der Waals surface area (Å²) >= 11 is 0. The molecule has 2 aliphatic heterocycles. The molecule has 1 fully saturated rings. The lowest BCUT2D eigenvalue weighted by Crippen LogP contribution is -2.35. The maximum Gasteiger partial charge on any atom is 0.337 e. The number of nitrogens with one attached hydrogen (secondary N) is 3. The average Bonchev–Trinajstić information content (AvgIpc) is 4.11. The van der Waals surface area contributed by atoms with E-state index in [0.29, 0.717) is 34.6 Å². The van der Waals surface area contributed by atoms with E-state index >= 15 is 17.6 Å². The first-order chi connectivity index (χ1) is 31.8. The van der Waals surface area contributed by atoms with Gasteiger partial charge in [0.2, 0.25) is 5.91 Å². The summed E-state index contributed by atoms with van der Waals surface area (Å²) in [7, 11) is 0. The zero-order chi connectivity index (χ0) is 48.3. The van der Waals surface area contributed by atoms with E-state index in [0.717, 1.165) is 17.5 Å². The fraction of sp³-hybridized carbons (Fsp3) is 0.188. The third-order valence-electron chi connectivity index (χ3n) is 11.5. The zero-order valence-electron chi connectivity index (χ0n) is 35.7. The minimum absolute atomic E-state index is 0.0688. The number of benzene rings is 5. The number of carboxylic acid groups (broad SMARTS) is 2. The van der Waals surface area contributed by atoms with Crippen LogP contribution in [-0.2, 0) is 11.2 Å². The number of fused-ring (bicyclic) bond motifs is 2. The number of amides is 1. The van der Waals surface area contributed by atoms with Crippen molar-refractivity contribution in [1.29, 1.82) is 0 Å². The summed E-state index contributed by atoms with van der Waals surface area (Å²) in [5, 5.41) is 24.6. The average molecular weight is 929 g/mol. The summed E-state index contributed by atoms with van der Waals surface area (Å²) in [6, 6.07) is 13.8. The molecule has 0 radical (unpaired) electrons. The van der Waals surface area contributed by atoms with Gasteiger partial charge in [0.05, 0.1) is 50.8 Å². The number of hydrogen-bond acceptors (Lipinski definition) is 6. The highest BCUT2D eigenvalue weighted by Gasteiger charge is 2.34. The Balaban J connectivity index is 0.000000186. The number of hydrogen-bond donors (Lipinski definition) is 5. The van der Waals surface area contributed by atoms with Crippen molar-refractivity contribution in [3.8, 4) is 28.2 Å². The molecular weight excluding hydrogens is 893 g/mol.